The van der Waals surface area contributed by atoms with E-state index in [1.54, 1.807) is 25.7 Å². The van der Waals surface area contributed by atoms with Gasteiger partial charge in [-0.1, -0.05) is 68.4 Å². The summed E-state index contributed by atoms with van der Waals surface area (Å²) < 4.78 is 18.1. The zero-order chi connectivity index (χ0) is 29.6. The molecule has 1 N–H and O–H groups in total. The summed E-state index contributed by atoms with van der Waals surface area (Å²) in [6.07, 6.45) is -0.0654. The molecule has 1 fully saturated rings. The molecule has 0 aromatic heterocycles. The minimum absolute atomic E-state index is 0.0565. The molecule has 1 saturated heterocycles. The molecule has 8 nitrogen and oxygen atoms in total. The van der Waals surface area contributed by atoms with Crippen molar-refractivity contribution < 1.29 is 28.9 Å². The van der Waals surface area contributed by atoms with E-state index in [4.69, 9.17) is 14.2 Å². The van der Waals surface area contributed by atoms with Gasteiger partial charge in [-0.05, 0) is 62.4 Å². The normalized spacial score (nSPS) is 16.0. The van der Waals surface area contributed by atoms with Crippen LogP contribution in [0.3, 0.4) is 0 Å². The van der Waals surface area contributed by atoms with Crippen LogP contribution >= 0.6 is 0 Å². The van der Waals surface area contributed by atoms with Crippen LogP contribution < -0.4 is 14.4 Å². The first-order valence-corrected chi connectivity index (χ1v) is 13.9. The van der Waals surface area contributed by atoms with Gasteiger partial charge in [0.15, 0.2) is 17.2 Å². The molecule has 1 aliphatic rings. The predicted octanol–water partition coefficient (Wildman–Crippen LogP) is 6.42. The third-order valence-electron chi connectivity index (χ3n) is 6.75. The first-order chi connectivity index (χ1) is 19.5. The van der Waals surface area contributed by atoms with E-state index in [0.29, 0.717) is 36.0 Å². The van der Waals surface area contributed by atoms with Crippen molar-refractivity contribution in [3.05, 3.63) is 84.4 Å². The Hall–Kier alpha value is -4.04. The Bertz CT molecular complexity index is 1330. The minimum atomic E-state index is -0.704. The number of carbonyl (C=O) groups is 2. The highest BCUT2D eigenvalue weighted by Gasteiger charge is 2.40. The third-order valence-corrected chi connectivity index (χ3v) is 6.75. The number of para-hydroxylation sites is 4. The van der Waals surface area contributed by atoms with E-state index in [0.717, 1.165) is 5.56 Å². The molecule has 2 amide bonds. The van der Waals surface area contributed by atoms with Gasteiger partial charge in [0.05, 0.1) is 11.7 Å². The molecule has 0 unspecified atom stereocenters. The van der Waals surface area contributed by atoms with Crippen molar-refractivity contribution in [1.82, 2.24) is 4.90 Å². The third kappa shape index (κ3) is 8.01. The Morgan fingerprint density at radius 1 is 0.878 bits per heavy atom. The maximum absolute atomic E-state index is 13.5. The number of ether oxygens (including phenoxy) is 3. The number of aliphatic hydroxyl groups excluding tert-OH is 1. The average Bonchev–Trinajstić information content (AvgIpc) is 2.93. The van der Waals surface area contributed by atoms with Gasteiger partial charge in [-0.3, -0.25) is 9.69 Å². The van der Waals surface area contributed by atoms with Gasteiger partial charge >= 0.3 is 6.09 Å². The van der Waals surface area contributed by atoms with Crippen molar-refractivity contribution in [2.24, 2.45) is 5.41 Å². The summed E-state index contributed by atoms with van der Waals surface area (Å²) in [6, 6.07) is 24.3. The quantitative estimate of drug-likeness (QED) is 0.325. The van der Waals surface area contributed by atoms with Gasteiger partial charge in [0.1, 0.15) is 18.8 Å². The second-order valence-corrected chi connectivity index (χ2v) is 12.1. The smallest absolute Gasteiger partial charge is 0.411 e. The van der Waals surface area contributed by atoms with Gasteiger partial charge < -0.3 is 24.2 Å². The largest absolute Gasteiger partial charge is 0.485 e. The summed E-state index contributed by atoms with van der Waals surface area (Å²) in [4.78, 5) is 29.8. The van der Waals surface area contributed by atoms with E-state index in [1.807, 2.05) is 92.7 Å². The maximum atomic E-state index is 13.5. The van der Waals surface area contributed by atoms with Crippen molar-refractivity contribution in [3.8, 4) is 17.2 Å². The van der Waals surface area contributed by atoms with Crippen LogP contribution in [0.4, 0.5) is 10.5 Å². The van der Waals surface area contributed by atoms with Gasteiger partial charge in [-0.25, -0.2) is 4.79 Å². The average molecular weight is 561 g/mol. The predicted molar refractivity (Wildman–Crippen MR) is 158 cm³/mol. The fourth-order valence-electron chi connectivity index (χ4n) is 4.69. The van der Waals surface area contributed by atoms with Gasteiger partial charge in [0.2, 0.25) is 5.91 Å². The molecule has 1 aliphatic heterocycles. The van der Waals surface area contributed by atoms with Crippen molar-refractivity contribution in [2.45, 2.75) is 59.3 Å². The lowest BCUT2D eigenvalue weighted by molar-refractivity contribution is -0.123. The molecular formula is C33H40N2O6. The van der Waals surface area contributed by atoms with E-state index in [-0.39, 0.29) is 31.6 Å². The second kappa shape index (κ2) is 12.6. The maximum Gasteiger partial charge on any atom is 0.411 e. The minimum Gasteiger partial charge on any atom is -0.485 e. The molecular weight excluding hydrogens is 520 g/mol. The van der Waals surface area contributed by atoms with Gasteiger partial charge in [0, 0.05) is 13.2 Å². The summed E-state index contributed by atoms with van der Waals surface area (Å²) in [7, 11) is 0. The van der Waals surface area contributed by atoms with Crippen LogP contribution in [-0.2, 0) is 16.1 Å². The second-order valence-electron chi connectivity index (χ2n) is 12.1. The monoisotopic (exact) mass is 560 g/mol. The molecule has 3 aromatic carbocycles. The lowest BCUT2D eigenvalue weighted by Gasteiger charge is -2.43. The number of hydrogen-bond acceptors (Lipinski definition) is 6. The number of anilines is 1. The molecule has 3 aromatic rings. The van der Waals surface area contributed by atoms with Crippen LogP contribution in [0.25, 0.3) is 0 Å². The number of benzene rings is 3. The van der Waals surface area contributed by atoms with Crippen LogP contribution in [-0.4, -0.2) is 53.3 Å². The Kier molecular flexibility index (Phi) is 9.23. The number of piperazine rings is 1. The lowest BCUT2D eigenvalue weighted by atomic mass is 9.85. The van der Waals surface area contributed by atoms with Crippen LogP contribution in [0.1, 0.15) is 46.6 Å². The highest BCUT2D eigenvalue weighted by Crippen LogP contribution is 2.39. The molecule has 1 atom stereocenters. The molecule has 1 heterocycles. The summed E-state index contributed by atoms with van der Waals surface area (Å²) in [5.74, 6) is 1.34. The molecule has 0 radical (unpaired) electrons. The number of amides is 2. The topological polar surface area (TPSA) is 88.5 Å². The Labute approximate surface area is 242 Å². The Balaban J connectivity index is 1.59. The van der Waals surface area contributed by atoms with Gasteiger partial charge in [0.25, 0.3) is 0 Å². The fraction of sp³-hybridized carbons (Fsp3) is 0.394. The zero-order valence-corrected chi connectivity index (χ0v) is 24.5. The first-order valence-electron chi connectivity index (χ1n) is 13.9. The van der Waals surface area contributed by atoms with Gasteiger partial charge in [-0.2, -0.15) is 0 Å². The summed E-state index contributed by atoms with van der Waals surface area (Å²) >= 11 is 0. The molecule has 0 saturated carbocycles. The van der Waals surface area contributed by atoms with Crippen LogP contribution in [0.2, 0.25) is 0 Å². The number of carbonyl (C=O) groups excluding carboxylic acids is 2. The van der Waals surface area contributed by atoms with Crippen LogP contribution in [0.5, 0.6) is 17.2 Å². The summed E-state index contributed by atoms with van der Waals surface area (Å²) in [5, 5.41) is 9.97. The Morgan fingerprint density at radius 3 is 2.15 bits per heavy atom. The molecule has 218 valence electrons. The van der Waals surface area contributed by atoms with E-state index < -0.39 is 17.1 Å². The number of nitrogens with zero attached hydrogens (tertiary/aromatic N) is 2. The molecule has 8 heteroatoms. The SMILES string of the molecule is CC(C)(CO)C[C@H]1CN(c2ccccc2Oc2ccccc2OCc2ccccc2)C(=O)CN1C(=O)OC(C)(C)C. The molecule has 41 heavy (non-hydrogen) atoms. The first kappa shape index (κ1) is 29.9. The molecule has 0 aliphatic carbocycles. The standard InChI is InChI=1S/C33H40N2O6/c1-32(2,3)41-31(38)34-21-30(37)35(20-25(34)19-33(4,5)23-36)26-15-9-10-16-27(26)40-29-18-12-11-17-28(29)39-22-24-13-7-6-8-14-24/h6-18,25,36H,19-23H2,1-5H3/t25-/m0/s1. The van der Waals surface area contributed by atoms with E-state index in [1.165, 1.54) is 4.90 Å². The number of hydrogen-bond donors (Lipinski definition) is 1. The highest BCUT2D eigenvalue weighted by atomic mass is 16.6. The molecule has 0 bridgehead atoms. The molecule has 0 spiro atoms. The number of rotatable bonds is 9. The molecule has 4 rings (SSSR count). The summed E-state index contributed by atoms with van der Waals surface area (Å²) in [5.41, 5.74) is 0.450. The zero-order valence-electron chi connectivity index (χ0n) is 24.5. The van der Waals surface area contributed by atoms with E-state index >= 15 is 0 Å². The van der Waals surface area contributed by atoms with Crippen molar-refractivity contribution in [3.63, 3.8) is 0 Å². The van der Waals surface area contributed by atoms with Crippen molar-refractivity contribution >= 4 is 17.7 Å². The summed E-state index contributed by atoms with van der Waals surface area (Å²) in [6.45, 7) is 9.67. The fourth-order valence-corrected chi connectivity index (χ4v) is 4.69. The van der Waals surface area contributed by atoms with E-state index in [9.17, 15) is 14.7 Å². The number of aliphatic hydroxyl groups is 1. The van der Waals surface area contributed by atoms with Crippen LogP contribution in [0, 0.1) is 5.41 Å². The Morgan fingerprint density at radius 2 is 1.49 bits per heavy atom. The van der Waals surface area contributed by atoms with Crippen LogP contribution in [0.15, 0.2) is 78.9 Å². The van der Waals surface area contributed by atoms with Gasteiger partial charge in [-0.15, -0.1) is 0 Å². The lowest BCUT2D eigenvalue weighted by Crippen LogP contribution is -2.60. The van der Waals surface area contributed by atoms with Crippen molar-refractivity contribution in [2.75, 3.05) is 24.6 Å². The van der Waals surface area contributed by atoms with Crippen molar-refractivity contribution in [1.29, 1.82) is 0 Å². The van der Waals surface area contributed by atoms with E-state index in [2.05, 4.69) is 0 Å². The highest BCUT2D eigenvalue weighted by molar-refractivity contribution is 5.98.